The molecule has 1 unspecified atom stereocenters. The molecule has 2 fully saturated rings. The lowest BCUT2D eigenvalue weighted by molar-refractivity contribution is -0.138. The molecule has 1 atom stereocenters. The summed E-state index contributed by atoms with van der Waals surface area (Å²) in [4.78, 5) is 32.4. The molecule has 0 bridgehead atoms. The molecule has 3 aromatic rings. The van der Waals surface area contributed by atoms with Crippen molar-refractivity contribution in [2.45, 2.75) is 36.5 Å². The molecule has 1 spiro atoms. The molecular weight excluding hydrogens is 522 g/mol. The third-order valence-electron chi connectivity index (χ3n) is 6.79. The van der Waals surface area contributed by atoms with E-state index in [-0.39, 0.29) is 16.9 Å². The van der Waals surface area contributed by atoms with Gasteiger partial charge in [0.25, 0.3) is 11.8 Å². The molecule has 2 heterocycles. The van der Waals surface area contributed by atoms with Crippen LogP contribution in [-0.4, -0.2) is 27.8 Å². The molecule has 1 aliphatic heterocycles. The van der Waals surface area contributed by atoms with E-state index in [1.54, 1.807) is 35.2 Å². The molecule has 194 valence electrons. The molecule has 1 aliphatic carbocycles. The lowest BCUT2D eigenvalue weighted by Gasteiger charge is -2.44. The standard InChI is InChI=1S/C26H19F4N5O2S/c27-20-12-16(7-8-18(20)22(36)33-15-5-2-1-3-6-15)35-24(38)34(23(37)25(35)9-4-10-25)17-11-19(26(28,29)30)21(13-31)32-14-17/h1-3,5-8,11-12,14,24,38H,4,9-10H2,(H,33,36). The number of hydrogen-bond acceptors (Lipinski definition) is 6. The molecular formula is C26H19F4N5O2S. The Morgan fingerprint density at radius 1 is 1.13 bits per heavy atom. The predicted octanol–water partition coefficient (Wildman–Crippen LogP) is 5.35. The first kappa shape index (κ1) is 25.5. The Labute approximate surface area is 220 Å². The Kier molecular flexibility index (Phi) is 6.27. The number of benzene rings is 2. The molecule has 1 saturated heterocycles. The quantitative estimate of drug-likeness (QED) is 0.343. The van der Waals surface area contributed by atoms with Crippen LogP contribution in [0, 0.1) is 17.1 Å². The first-order valence-electron chi connectivity index (χ1n) is 11.5. The number of thiol groups is 1. The summed E-state index contributed by atoms with van der Waals surface area (Å²) in [6.07, 6.45) is -2.41. The van der Waals surface area contributed by atoms with Crippen molar-refractivity contribution in [2.75, 3.05) is 15.1 Å². The molecule has 38 heavy (non-hydrogen) atoms. The fourth-order valence-corrected chi connectivity index (χ4v) is 5.41. The number of alkyl halides is 3. The van der Waals surface area contributed by atoms with Gasteiger partial charge in [-0.1, -0.05) is 18.2 Å². The Balaban J connectivity index is 1.49. The van der Waals surface area contributed by atoms with E-state index in [2.05, 4.69) is 22.9 Å². The second-order valence-electron chi connectivity index (χ2n) is 8.96. The van der Waals surface area contributed by atoms with Crippen molar-refractivity contribution < 1.29 is 27.2 Å². The van der Waals surface area contributed by atoms with Gasteiger partial charge >= 0.3 is 6.18 Å². The van der Waals surface area contributed by atoms with Crippen LogP contribution >= 0.6 is 12.6 Å². The van der Waals surface area contributed by atoms with Crippen molar-refractivity contribution >= 4 is 41.5 Å². The van der Waals surface area contributed by atoms with Gasteiger partial charge in [0, 0.05) is 11.4 Å². The highest BCUT2D eigenvalue weighted by Crippen LogP contribution is 2.50. The molecule has 12 heteroatoms. The average Bonchev–Trinajstić information content (AvgIpc) is 3.10. The molecule has 5 rings (SSSR count). The van der Waals surface area contributed by atoms with Crippen LogP contribution in [-0.2, 0) is 11.0 Å². The van der Waals surface area contributed by atoms with Crippen LogP contribution in [0.3, 0.4) is 0 Å². The maximum absolute atomic E-state index is 15.2. The number of nitrogens with one attached hydrogen (secondary N) is 1. The van der Waals surface area contributed by atoms with Gasteiger partial charge in [0.15, 0.2) is 11.2 Å². The largest absolute Gasteiger partial charge is 0.419 e. The average molecular weight is 542 g/mol. The number of nitrogens with zero attached hydrogens (tertiary/aromatic N) is 4. The van der Waals surface area contributed by atoms with Gasteiger partial charge in [-0.05, 0) is 55.7 Å². The number of halogens is 4. The van der Waals surface area contributed by atoms with Gasteiger partial charge in [0.1, 0.15) is 17.4 Å². The van der Waals surface area contributed by atoms with Crippen LogP contribution in [0.4, 0.5) is 34.6 Å². The number of rotatable bonds is 4. The van der Waals surface area contributed by atoms with E-state index in [1.165, 1.54) is 18.2 Å². The summed E-state index contributed by atoms with van der Waals surface area (Å²) >= 11 is 4.54. The van der Waals surface area contributed by atoms with E-state index in [1.807, 2.05) is 0 Å². The maximum Gasteiger partial charge on any atom is 0.419 e. The van der Waals surface area contributed by atoms with Crippen LogP contribution in [0.5, 0.6) is 0 Å². The van der Waals surface area contributed by atoms with E-state index in [0.717, 1.165) is 17.2 Å². The smallest absolute Gasteiger partial charge is 0.327 e. The van der Waals surface area contributed by atoms with Gasteiger partial charge < -0.3 is 10.2 Å². The Morgan fingerprint density at radius 3 is 2.42 bits per heavy atom. The highest BCUT2D eigenvalue weighted by molar-refractivity contribution is 7.81. The number of carbonyl (C=O) groups excluding carboxylic acids is 2. The van der Waals surface area contributed by atoms with E-state index in [4.69, 9.17) is 5.26 Å². The summed E-state index contributed by atoms with van der Waals surface area (Å²) in [6.45, 7) is 0. The molecule has 1 N–H and O–H groups in total. The minimum Gasteiger partial charge on any atom is -0.327 e. The number of pyridine rings is 1. The highest BCUT2D eigenvalue weighted by Gasteiger charge is 2.60. The van der Waals surface area contributed by atoms with Crippen molar-refractivity contribution in [2.24, 2.45) is 0 Å². The van der Waals surface area contributed by atoms with Crippen molar-refractivity contribution in [1.29, 1.82) is 5.26 Å². The van der Waals surface area contributed by atoms with Gasteiger partial charge in [-0.15, -0.1) is 12.6 Å². The molecule has 2 amide bonds. The monoisotopic (exact) mass is 541 g/mol. The Bertz CT molecular complexity index is 1470. The van der Waals surface area contributed by atoms with Crippen molar-refractivity contribution in [1.82, 2.24) is 4.98 Å². The third kappa shape index (κ3) is 4.12. The molecule has 2 aliphatic rings. The molecule has 7 nitrogen and oxygen atoms in total. The summed E-state index contributed by atoms with van der Waals surface area (Å²) in [5, 5.41) is 11.7. The van der Waals surface area contributed by atoms with Gasteiger partial charge in [-0.2, -0.15) is 18.4 Å². The number of aromatic nitrogens is 1. The summed E-state index contributed by atoms with van der Waals surface area (Å²) in [5.41, 5.74) is -4.00. The molecule has 1 saturated carbocycles. The number of amides is 2. The first-order chi connectivity index (χ1) is 18.1. The molecule has 0 radical (unpaired) electrons. The second-order valence-corrected chi connectivity index (χ2v) is 9.42. The topological polar surface area (TPSA) is 89.3 Å². The van der Waals surface area contributed by atoms with E-state index < -0.39 is 46.1 Å². The lowest BCUT2D eigenvalue weighted by Crippen LogP contribution is -2.55. The third-order valence-corrected chi connectivity index (χ3v) is 7.25. The lowest BCUT2D eigenvalue weighted by atomic mass is 9.75. The minimum absolute atomic E-state index is 0.186. The van der Waals surface area contributed by atoms with Crippen molar-refractivity contribution in [3.63, 3.8) is 0 Å². The molecule has 2 aromatic carbocycles. The zero-order valence-corrected chi connectivity index (χ0v) is 20.4. The predicted molar refractivity (Wildman–Crippen MR) is 134 cm³/mol. The fraction of sp³-hybridized carbons (Fsp3) is 0.231. The minimum atomic E-state index is -4.87. The van der Waals surface area contributed by atoms with Crippen molar-refractivity contribution in [3.05, 3.63) is 83.4 Å². The zero-order chi connectivity index (χ0) is 27.2. The normalized spacial score (nSPS) is 18.3. The van der Waals surface area contributed by atoms with Crippen LogP contribution in [0.15, 0.2) is 60.8 Å². The van der Waals surface area contributed by atoms with E-state index in [9.17, 15) is 22.8 Å². The number of anilines is 3. The number of carbonyl (C=O) groups is 2. The SMILES string of the molecule is N#Cc1ncc(N2C(=O)C3(CCC3)N(c3ccc(C(=O)Nc4ccccc4)c(F)c3)C2S)cc1C(F)(F)F. The van der Waals surface area contributed by atoms with E-state index in [0.29, 0.717) is 31.0 Å². The Hall–Kier alpha value is -4.11. The van der Waals surface area contributed by atoms with Crippen LogP contribution < -0.4 is 15.1 Å². The first-order valence-corrected chi connectivity index (χ1v) is 12.0. The Morgan fingerprint density at radius 2 is 1.84 bits per heavy atom. The van der Waals surface area contributed by atoms with Crippen molar-refractivity contribution in [3.8, 4) is 6.07 Å². The highest BCUT2D eigenvalue weighted by atomic mass is 32.1. The summed E-state index contributed by atoms with van der Waals surface area (Å²) in [7, 11) is 0. The van der Waals surface area contributed by atoms with E-state index >= 15 is 4.39 Å². The fourth-order valence-electron chi connectivity index (χ4n) is 4.81. The van der Waals surface area contributed by atoms with Crippen LogP contribution in [0.1, 0.15) is 40.9 Å². The summed E-state index contributed by atoms with van der Waals surface area (Å²) in [6, 6.07) is 14.5. The van der Waals surface area contributed by atoms with Crippen LogP contribution in [0.2, 0.25) is 0 Å². The number of hydrogen-bond donors (Lipinski definition) is 2. The zero-order valence-electron chi connectivity index (χ0n) is 19.5. The van der Waals surface area contributed by atoms with Gasteiger partial charge in [-0.25, -0.2) is 9.37 Å². The summed E-state index contributed by atoms with van der Waals surface area (Å²) < 4.78 is 55.8. The maximum atomic E-state index is 15.2. The van der Waals surface area contributed by atoms with Gasteiger partial charge in [0.05, 0.1) is 23.0 Å². The van der Waals surface area contributed by atoms with Gasteiger partial charge in [0.2, 0.25) is 0 Å². The second kappa shape index (κ2) is 9.33. The van der Waals surface area contributed by atoms with Crippen LogP contribution in [0.25, 0.3) is 0 Å². The van der Waals surface area contributed by atoms with Gasteiger partial charge in [-0.3, -0.25) is 14.5 Å². The number of para-hydroxylation sites is 1. The molecule has 1 aromatic heterocycles. The number of nitriles is 1. The summed E-state index contributed by atoms with van der Waals surface area (Å²) in [5.74, 6) is -2.01.